The molecule has 0 spiro atoms. The number of amides is 1. The zero-order valence-corrected chi connectivity index (χ0v) is 10.7. The van der Waals surface area contributed by atoms with Gasteiger partial charge in [0.2, 0.25) is 0 Å². The predicted octanol–water partition coefficient (Wildman–Crippen LogP) is 1.51. The Morgan fingerprint density at radius 3 is 2.50 bits per heavy atom. The Labute approximate surface area is 116 Å². The van der Waals surface area contributed by atoms with E-state index in [-0.39, 0.29) is 6.42 Å². The second-order valence-electron chi connectivity index (χ2n) is 4.30. The van der Waals surface area contributed by atoms with Gasteiger partial charge in [0.05, 0.1) is 0 Å². The number of carboxylic acid groups (broad SMARTS) is 1. The molecular formula is C15H14N2O3. The van der Waals surface area contributed by atoms with Gasteiger partial charge in [0, 0.05) is 24.4 Å². The summed E-state index contributed by atoms with van der Waals surface area (Å²) in [7, 11) is 0. The third-order valence-corrected chi connectivity index (χ3v) is 2.80. The maximum absolute atomic E-state index is 12.0. The van der Waals surface area contributed by atoms with Gasteiger partial charge in [0.15, 0.2) is 0 Å². The molecule has 5 nitrogen and oxygen atoms in total. The molecule has 1 aromatic heterocycles. The summed E-state index contributed by atoms with van der Waals surface area (Å²) in [4.78, 5) is 27.1. The minimum absolute atomic E-state index is 0.196. The quantitative estimate of drug-likeness (QED) is 0.863. The summed E-state index contributed by atoms with van der Waals surface area (Å²) in [6, 6.07) is 11.0. The van der Waals surface area contributed by atoms with Crippen LogP contribution in [-0.2, 0) is 11.2 Å². The van der Waals surface area contributed by atoms with Gasteiger partial charge in [-0.1, -0.05) is 24.3 Å². The monoisotopic (exact) mass is 270 g/mol. The van der Waals surface area contributed by atoms with Crippen molar-refractivity contribution in [1.29, 1.82) is 0 Å². The molecule has 2 N–H and O–H groups in total. The van der Waals surface area contributed by atoms with Crippen LogP contribution >= 0.6 is 0 Å². The first kappa shape index (κ1) is 13.7. The van der Waals surface area contributed by atoms with E-state index in [0.29, 0.717) is 5.56 Å². The van der Waals surface area contributed by atoms with Gasteiger partial charge < -0.3 is 10.4 Å². The molecule has 102 valence electrons. The maximum atomic E-state index is 12.0. The largest absolute Gasteiger partial charge is 0.480 e. The molecule has 0 saturated carbocycles. The first-order valence-electron chi connectivity index (χ1n) is 6.14. The SMILES string of the molecule is O=C(N[C@@H](Cc1cccnc1)C(=O)O)c1ccccc1. The highest BCUT2D eigenvalue weighted by Gasteiger charge is 2.21. The average Bonchev–Trinajstić information content (AvgIpc) is 2.48. The van der Waals surface area contributed by atoms with Crippen molar-refractivity contribution in [3.05, 3.63) is 66.0 Å². The predicted molar refractivity (Wildman–Crippen MR) is 73.3 cm³/mol. The van der Waals surface area contributed by atoms with Crippen LogP contribution in [0.25, 0.3) is 0 Å². The van der Waals surface area contributed by atoms with Crippen molar-refractivity contribution in [2.45, 2.75) is 12.5 Å². The molecule has 0 bridgehead atoms. The van der Waals surface area contributed by atoms with E-state index in [0.717, 1.165) is 5.56 Å². The Balaban J connectivity index is 2.07. The summed E-state index contributed by atoms with van der Waals surface area (Å²) in [6.07, 6.45) is 3.40. The van der Waals surface area contributed by atoms with Crippen LogP contribution in [-0.4, -0.2) is 28.0 Å². The molecule has 1 atom stereocenters. The van der Waals surface area contributed by atoms with Crippen LogP contribution in [0, 0.1) is 0 Å². The van der Waals surface area contributed by atoms with Crippen molar-refractivity contribution in [1.82, 2.24) is 10.3 Å². The highest BCUT2D eigenvalue weighted by molar-refractivity contribution is 5.96. The van der Waals surface area contributed by atoms with Gasteiger partial charge >= 0.3 is 5.97 Å². The van der Waals surface area contributed by atoms with Gasteiger partial charge in [-0.15, -0.1) is 0 Å². The molecule has 0 unspecified atom stereocenters. The lowest BCUT2D eigenvalue weighted by atomic mass is 10.1. The molecule has 0 fully saturated rings. The van der Waals surface area contributed by atoms with Gasteiger partial charge in [-0.2, -0.15) is 0 Å². The van der Waals surface area contributed by atoms with Gasteiger partial charge in [-0.3, -0.25) is 9.78 Å². The molecule has 1 aromatic carbocycles. The van der Waals surface area contributed by atoms with Crippen molar-refractivity contribution in [2.75, 3.05) is 0 Å². The molecule has 2 rings (SSSR count). The second kappa shape index (κ2) is 6.47. The maximum Gasteiger partial charge on any atom is 0.326 e. The van der Waals surface area contributed by atoms with E-state index in [1.54, 1.807) is 54.9 Å². The number of aromatic nitrogens is 1. The van der Waals surface area contributed by atoms with Gasteiger partial charge in [-0.05, 0) is 23.8 Å². The topological polar surface area (TPSA) is 79.3 Å². The Kier molecular flexibility index (Phi) is 4.44. The molecule has 0 aliphatic heterocycles. The number of aliphatic carboxylic acids is 1. The summed E-state index contributed by atoms with van der Waals surface area (Å²) in [5.41, 5.74) is 1.19. The summed E-state index contributed by atoms with van der Waals surface area (Å²) < 4.78 is 0. The molecular weight excluding hydrogens is 256 g/mol. The number of pyridine rings is 1. The number of carbonyl (C=O) groups is 2. The molecule has 0 aliphatic rings. The lowest BCUT2D eigenvalue weighted by Gasteiger charge is -2.14. The van der Waals surface area contributed by atoms with Crippen molar-refractivity contribution in [3.8, 4) is 0 Å². The fourth-order valence-corrected chi connectivity index (χ4v) is 1.79. The third-order valence-electron chi connectivity index (χ3n) is 2.80. The van der Waals surface area contributed by atoms with E-state index in [1.165, 1.54) is 0 Å². The van der Waals surface area contributed by atoms with E-state index in [9.17, 15) is 14.7 Å². The number of hydrogen-bond donors (Lipinski definition) is 2. The number of rotatable bonds is 5. The van der Waals surface area contributed by atoms with Crippen molar-refractivity contribution < 1.29 is 14.7 Å². The highest BCUT2D eigenvalue weighted by Crippen LogP contribution is 2.04. The van der Waals surface area contributed by atoms with E-state index in [4.69, 9.17) is 0 Å². The molecule has 1 amide bonds. The standard InChI is InChI=1S/C15H14N2O3/c18-14(12-6-2-1-3-7-12)17-13(15(19)20)9-11-5-4-8-16-10-11/h1-8,10,13H,9H2,(H,17,18)(H,19,20)/t13-/m0/s1. The number of carboxylic acids is 1. The van der Waals surface area contributed by atoms with Crippen LogP contribution in [0.4, 0.5) is 0 Å². The van der Waals surface area contributed by atoms with Gasteiger partial charge in [-0.25, -0.2) is 4.79 Å². The molecule has 0 aliphatic carbocycles. The molecule has 5 heteroatoms. The van der Waals surface area contributed by atoms with Crippen LogP contribution in [0.2, 0.25) is 0 Å². The minimum Gasteiger partial charge on any atom is -0.480 e. The Morgan fingerprint density at radius 2 is 1.90 bits per heavy atom. The molecule has 2 aromatic rings. The van der Waals surface area contributed by atoms with Crippen LogP contribution in [0.15, 0.2) is 54.9 Å². The van der Waals surface area contributed by atoms with Crippen LogP contribution in [0.5, 0.6) is 0 Å². The number of nitrogens with zero attached hydrogens (tertiary/aromatic N) is 1. The Hall–Kier alpha value is -2.69. The van der Waals surface area contributed by atoms with E-state index in [1.807, 2.05) is 0 Å². The summed E-state index contributed by atoms with van der Waals surface area (Å²) in [5.74, 6) is -1.47. The lowest BCUT2D eigenvalue weighted by Crippen LogP contribution is -2.42. The van der Waals surface area contributed by atoms with Crippen LogP contribution < -0.4 is 5.32 Å². The Morgan fingerprint density at radius 1 is 1.15 bits per heavy atom. The molecule has 20 heavy (non-hydrogen) atoms. The summed E-state index contributed by atoms with van der Waals surface area (Å²) in [5, 5.41) is 11.7. The number of nitrogens with one attached hydrogen (secondary N) is 1. The lowest BCUT2D eigenvalue weighted by molar-refractivity contribution is -0.139. The number of hydrogen-bond acceptors (Lipinski definition) is 3. The number of carbonyl (C=O) groups excluding carboxylic acids is 1. The zero-order chi connectivity index (χ0) is 14.4. The smallest absolute Gasteiger partial charge is 0.326 e. The van der Waals surface area contributed by atoms with E-state index < -0.39 is 17.9 Å². The molecule has 1 heterocycles. The van der Waals surface area contributed by atoms with Gasteiger partial charge in [0.1, 0.15) is 6.04 Å². The fourth-order valence-electron chi connectivity index (χ4n) is 1.79. The normalized spacial score (nSPS) is 11.6. The highest BCUT2D eigenvalue weighted by atomic mass is 16.4. The third kappa shape index (κ3) is 3.65. The second-order valence-corrected chi connectivity index (χ2v) is 4.30. The van der Waals surface area contributed by atoms with E-state index in [2.05, 4.69) is 10.3 Å². The zero-order valence-electron chi connectivity index (χ0n) is 10.7. The van der Waals surface area contributed by atoms with E-state index >= 15 is 0 Å². The molecule has 0 radical (unpaired) electrons. The fraction of sp³-hybridized carbons (Fsp3) is 0.133. The first-order valence-corrected chi connectivity index (χ1v) is 6.14. The average molecular weight is 270 g/mol. The number of benzene rings is 1. The minimum atomic E-state index is -1.07. The Bertz CT molecular complexity index is 585. The van der Waals surface area contributed by atoms with Crippen molar-refractivity contribution in [3.63, 3.8) is 0 Å². The summed E-state index contributed by atoms with van der Waals surface area (Å²) >= 11 is 0. The molecule has 0 saturated heterocycles. The van der Waals surface area contributed by atoms with Crippen LogP contribution in [0.3, 0.4) is 0 Å². The van der Waals surface area contributed by atoms with Crippen LogP contribution in [0.1, 0.15) is 15.9 Å². The van der Waals surface area contributed by atoms with Gasteiger partial charge in [0.25, 0.3) is 5.91 Å². The first-order chi connectivity index (χ1) is 9.66. The van der Waals surface area contributed by atoms with Crippen molar-refractivity contribution in [2.24, 2.45) is 0 Å². The van der Waals surface area contributed by atoms with Crippen molar-refractivity contribution >= 4 is 11.9 Å². The summed E-state index contributed by atoms with van der Waals surface area (Å²) in [6.45, 7) is 0.